The van der Waals surface area contributed by atoms with Gasteiger partial charge < -0.3 is 15.4 Å². The Kier molecular flexibility index (Phi) is 4.17. The summed E-state index contributed by atoms with van der Waals surface area (Å²) in [5.74, 6) is -1.29. The maximum absolute atomic E-state index is 12.5. The van der Waals surface area contributed by atoms with Crippen LogP contribution in [0.5, 0.6) is 0 Å². The van der Waals surface area contributed by atoms with Gasteiger partial charge in [-0.1, -0.05) is 29.8 Å². The zero-order chi connectivity index (χ0) is 18.3. The summed E-state index contributed by atoms with van der Waals surface area (Å²) >= 11 is 6.15. The normalized spacial score (nSPS) is 15.8. The largest absolute Gasteiger partial charge is 0.477 e. The zero-order valence-corrected chi connectivity index (χ0v) is 14.6. The van der Waals surface area contributed by atoms with Crippen LogP contribution in [0.15, 0.2) is 42.5 Å². The molecule has 1 aliphatic rings. The minimum absolute atomic E-state index is 0.121. The Balaban J connectivity index is 1.69. The molecule has 0 bridgehead atoms. The molecule has 1 aliphatic carbocycles. The monoisotopic (exact) mass is 368 g/mol. The number of benzene rings is 2. The number of anilines is 1. The van der Waals surface area contributed by atoms with Gasteiger partial charge >= 0.3 is 5.97 Å². The zero-order valence-electron chi connectivity index (χ0n) is 13.9. The fourth-order valence-corrected chi connectivity index (χ4v) is 4.06. The van der Waals surface area contributed by atoms with E-state index in [4.69, 9.17) is 11.6 Å². The van der Waals surface area contributed by atoms with Crippen molar-refractivity contribution in [3.8, 4) is 0 Å². The van der Waals surface area contributed by atoms with Crippen LogP contribution >= 0.6 is 11.6 Å². The van der Waals surface area contributed by atoms with Crippen molar-refractivity contribution in [3.05, 3.63) is 64.3 Å². The topological polar surface area (TPSA) is 82.2 Å². The van der Waals surface area contributed by atoms with Crippen LogP contribution in [0.1, 0.15) is 40.4 Å². The Morgan fingerprint density at radius 1 is 1.23 bits per heavy atom. The number of rotatable bonds is 4. The van der Waals surface area contributed by atoms with Crippen LogP contribution < -0.4 is 5.32 Å². The molecule has 26 heavy (non-hydrogen) atoms. The molecular formula is C20H17ClN2O3. The molecule has 4 rings (SSSR count). The number of halogens is 1. The van der Waals surface area contributed by atoms with Crippen LogP contribution in [-0.2, 0) is 11.2 Å². The van der Waals surface area contributed by atoms with Crippen molar-refractivity contribution < 1.29 is 14.7 Å². The first-order chi connectivity index (χ1) is 12.5. The predicted octanol–water partition coefficient (Wildman–Crippen LogP) is 4.58. The Morgan fingerprint density at radius 2 is 2.00 bits per heavy atom. The van der Waals surface area contributed by atoms with Gasteiger partial charge in [0.2, 0.25) is 5.91 Å². The summed E-state index contributed by atoms with van der Waals surface area (Å²) in [6.45, 7) is 0. The second kappa shape index (κ2) is 6.50. The van der Waals surface area contributed by atoms with E-state index in [0.29, 0.717) is 22.5 Å². The molecule has 0 spiro atoms. The molecule has 5 nitrogen and oxygen atoms in total. The standard InChI is InChI=1S/C20H17ClN2O3/c21-13-8-11-6-7-12(9-16(24)22-14-4-2-1-3-5-14)18-17(11)15(10-13)23-19(18)20(25)26/h1-5,8,10,12,23H,6-7,9H2,(H,22,24)(H,25,26)/t12-/m0/s1. The maximum Gasteiger partial charge on any atom is 0.352 e. The van der Waals surface area contributed by atoms with Crippen molar-refractivity contribution in [1.29, 1.82) is 0 Å². The summed E-state index contributed by atoms with van der Waals surface area (Å²) in [5.41, 5.74) is 3.35. The van der Waals surface area contributed by atoms with E-state index in [0.717, 1.165) is 23.1 Å². The average Bonchev–Trinajstić information content (AvgIpc) is 2.99. The molecule has 3 N–H and O–H groups in total. The second-order valence-electron chi connectivity index (χ2n) is 6.56. The van der Waals surface area contributed by atoms with Crippen molar-refractivity contribution in [2.75, 3.05) is 5.32 Å². The summed E-state index contributed by atoms with van der Waals surface area (Å²) in [5, 5.41) is 14.0. The van der Waals surface area contributed by atoms with E-state index in [2.05, 4.69) is 10.3 Å². The first-order valence-corrected chi connectivity index (χ1v) is 8.83. The van der Waals surface area contributed by atoms with E-state index < -0.39 is 5.97 Å². The highest BCUT2D eigenvalue weighted by molar-refractivity contribution is 6.31. The van der Waals surface area contributed by atoms with E-state index in [9.17, 15) is 14.7 Å². The van der Waals surface area contributed by atoms with Crippen LogP contribution in [0, 0.1) is 0 Å². The lowest BCUT2D eigenvalue weighted by atomic mass is 9.81. The molecule has 132 valence electrons. The van der Waals surface area contributed by atoms with Crippen molar-refractivity contribution >= 4 is 40.1 Å². The van der Waals surface area contributed by atoms with Crippen LogP contribution in [0.3, 0.4) is 0 Å². The number of aromatic carboxylic acids is 1. The Hall–Kier alpha value is -2.79. The molecule has 0 unspecified atom stereocenters. The minimum Gasteiger partial charge on any atom is -0.477 e. The number of nitrogens with one attached hydrogen (secondary N) is 2. The maximum atomic E-state index is 12.5. The molecule has 3 aromatic rings. The molecule has 1 heterocycles. The fourth-order valence-electron chi connectivity index (χ4n) is 3.82. The van der Waals surface area contributed by atoms with Gasteiger partial charge in [0.05, 0.1) is 0 Å². The number of carbonyl (C=O) groups excluding carboxylic acids is 1. The summed E-state index contributed by atoms with van der Waals surface area (Å²) in [7, 11) is 0. The highest BCUT2D eigenvalue weighted by Crippen LogP contribution is 2.42. The van der Waals surface area contributed by atoms with E-state index >= 15 is 0 Å². The number of aromatic nitrogens is 1. The van der Waals surface area contributed by atoms with Crippen molar-refractivity contribution in [2.24, 2.45) is 0 Å². The van der Waals surface area contributed by atoms with E-state index in [-0.39, 0.29) is 23.9 Å². The Morgan fingerprint density at radius 3 is 2.73 bits per heavy atom. The SMILES string of the molecule is O=C(C[C@@H]1CCc2cc(Cl)cc3[nH]c(C(=O)O)c1c23)Nc1ccccc1. The van der Waals surface area contributed by atoms with Crippen molar-refractivity contribution in [2.45, 2.75) is 25.2 Å². The molecule has 1 atom stereocenters. The number of para-hydroxylation sites is 1. The summed E-state index contributed by atoms with van der Waals surface area (Å²) in [4.78, 5) is 27.2. The van der Waals surface area contributed by atoms with Gasteiger partial charge in [-0.15, -0.1) is 0 Å². The van der Waals surface area contributed by atoms with Gasteiger partial charge in [-0.05, 0) is 54.2 Å². The molecule has 0 fully saturated rings. The third kappa shape index (κ3) is 2.95. The predicted molar refractivity (Wildman–Crippen MR) is 101 cm³/mol. The highest BCUT2D eigenvalue weighted by Gasteiger charge is 2.31. The van der Waals surface area contributed by atoms with Crippen molar-refractivity contribution in [1.82, 2.24) is 4.98 Å². The first-order valence-electron chi connectivity index (χ1n) is 8.45. The van der Waals surface area contributed by atoms with Crippen LogP contribution in [0.25, 0.3) is 10.9 Å². The molecule has 0 radical (unpaired) electrons. The van der Waals surface area contributed by atoms with Gasteiger partial charge in [-0.2, -0.15) is 0 Å². The minimum atomic E-state index is -1.02. The van der Waals surface area contributed by atoms with Crippen LogP contribution in [0.4, 0.5) is 5.69 Å². The lowest BCUT2D eigenvalue weighted by Gasteiger charge is -2.23. The summed E-state index contributed by atoms with van der Waals surface area (Å²) in [6, 6.07) is 12.9. The van der Waals surface area contributed by atoms with E-state index in [1.54, 1.807) is 6.07 Å². The number of H-pyrrole nitrogens is 1. The number of hydrogen-bond acceptors (Lipinski definition) is 2. The lowest BCUT2D eigenvalue weighted by molar-refractivity contribution is -0.116. The molecule has 0 saturated carbocycles. The van der Waals surface area contributed by atoms with Gasteiger partial charge in [-0.25, -0.2) is 4.79 Å². The molecule has 2 aromatic carbocycles. The number of aromatic amines is 1. The molecule has 0 aliphatic heterocycles. The number of carbonyl (C=O) groups is 2. The Bertz CT molecular complexity index is 1010. The number of amides is 1. The van der Waals surface area contributed by atoms with E-state index in [1.165, 1.54) is 0 Å². The quantitative estimate of drug-likeness (QED) is 0.630. The van der Waals surface area contributed by atoms with Gasteiger partial charge in [0, 0.05) is 28.0 Å². The fraction of sp³-hybridized carbons (Fsp3) is 0.200. The molecule has 1 aromatic heterocycles. The van der Waals surface area contributed by atoms with E-state index in [1.807, 2.05) is 36.4 Å². The smallest absolute Gasteiger partial charge is 0.352 e. The van der Waals surface area contributed by atoms with Gasteiger partial charge in [0.1, 0.15) is 5.69 Å². The number of hydrogen-bond donors (Lipinski definition) is 3. The van der Waals surface area contributed by atoms with Crippen molar-refractivity contribution in [3.63, 3.8) is 0 Å². The number of carboxylic acids is 1. The summed E-state index contributed by atoms with van der Waals surface area (Å²) in [6.07, 6.45) is 1.72. The first kappa shape index (κ1) is 16.7. The van der Waals surface area contributed by atoms with Crippen LogP contribution in [0.2, 0.25) is 5.02 Å². The molecule has 6 heteroatoms. The van der Waals surface area contributed by atoms with Crippen LogP contribution in [-0.4, -0.2) is 22.0 Å². The molecule has 1 amide bonds. The lowest BCUT2D eigenvalue weighted by Crippen LogP contribution is -2.19. The molecular weight excluding hydrogens is 352 g/mol. The summed E-state index contributed by atoms with van der Waals surface area (Å²) < 4.78 is 0. The van der Waals surface area contributed by atoms with Gasteiger partial charge in [-0.3, -0.25) is 4.79 Å². The van der Waals surface area contributed by atoms with Gasteiger partial charge in [0.25, 0.3) is 0 Å². The number of carboxylic acid groups (broad SMARTS) is 1. The highest BCUT2D eigenvalue weighted by atomic mass is 35.5. The van der Waals surface area contributed by atoms with Gasteiger partial charge in [0.15, 0.2) is 0 Å². The third-order valence-electron chi connectivity index (χ3n) is 4.86. The molecule has 0 saturated heterocycles. The Labute approximate surface area is 155 Å². The third-order valence-corrected chi connectivity index (χ3v) is 5.07. The number of aryl methyl sites for hydroxylation is 1. The average molecular weight is 369 g/mol. The second-order valence-corrected chi connectivity index (χ2v) is 7.00.